The summed E-state index contributed by atoms with van der Waals surface area (Å²) >= 11 is 0. The Morgan fingerprint density at radius 2 is 1.95 bits per heavy atom. The minimum absolute atomic E-state index is 0.162. The van der Waals surface area contributed by atoms with Gasteiger partial charge in [0.1, 0.15) is 0 Å². The van der Waals surface area contributed by atoms with Crippen LogP contribution in [-0.4, -0.2) is 34.0 Å². The number of hydrogen-bond acceptors (Lipinski definition) is 4. The summed E-state index contributed by atoms with van der Waals surface area (Å²) in [6, 6.07) is 5.00. The van der Waals surface area contributed by atoms with Crippen molar-refractivity contribution in [2.24, 2.45) is 0 Å². The van der Waals surface area contributed by atoms with Crippen molar-refractivity contribution >= 4 is 21.6 Å². The summed E-state index contributed by atoms with van der Waals surface area (Å²) < 4.78 is 25.9. The van der Waals surface area contributed by atoms with Crippen LogP contribution in [0.2, 0.25) is 0 Å². The maximum absolute atomic E-state index is 11.8. The minimum atomic E-state index is -3.53. The van der Waals surface area contributed by atoms with Crippen LogP contribution < -0.4 is 15.4 Å². The van der Waals surface area contributed by atoms with Crippen molar-refractivity contribution in [3.8, 4) is 0 Å². The predicted octanol–water partition coefficient (Wildman–Crippen LogP) is 0.840. The molecule has 6 nitrogen and oxygen atoms in total. The molecule has 0 spiro atoms. The molecule has 0 aliphatic heterocycles. The topological polar surface area (TPSA) is 87.3 Å². The predicted molar refractivity (Wildman–Crippen MR) is 79.2 cm³/mol. The highest BCUT2D eigenvalue weighted by Crippen LogP contribution is 2.19. The summed E-state index contributed by atoms with van der Waals surface area (Å²) in [5, 5.41) is 5.66. The van der Waals surface area contributed by atoms with Gasteiger partial charge in [0.05, 0.1) is 11.4 Å². The van der Waals surface area contributed by atoms with Crippen LogP contribution in [-0.2, 0) is 14.8 Å². The van der Waals surface area contributed by atoms with Gasteiger partial charge in [-0.2, -0.15) is 0 Å². The Morgan fingerprint density at radius 3 is 2.50 bits per heavy atom. The van der Waals surface area contributed by atoms with Gasteiger partial charge in [-0.15, -0.1) is 0 Å². The summed E-state index contributed by atoms with van der Waals surface area (Å²) in [5.74, 6) is -0.213. The SMILES string of the molecule is CNS(=O)(=O)c1cc(NC(=O)CNC(C)C)ccc1C. The van der Waals surface area contributed by atoms with Crippen LogP contribution in [0, 0.1) is 6.92 Å². The van der Waals surface area contributed by atoms with Gasteiger partial charge in [-0.05, 0) is 31.7 Å². The Morgan fingerprint density at radius 1 is 1.30 bits per heavy atom. The molecule has 0 unspecified atom stereocenters. The lowest BCUT2D eigenvalue weighted by Gasteiger charge is -2.11. The first-order valence-electron chi connectivity index (χ1n) is 6.33. The Balaban J connectivity index is 2.89. The van der Waals surface area contributed by atoms with E-state index in [2.05, 4.69) is 15.4 Å². The lowest BCUT2D eigenvalue weighted by molar-refractivity contribution is -0.115. The maximum atomic E-state index is 11.8. The molecule has 20 heavy (non-hydrogen) atoms. The fourth-order valence-electron chi connectivity index (χ4n) is 1.58. The molecule has 0 bridgehead atoms. The zero-order valence-electron chi connectivity index (χ0n) is 12.1. The number of nitrogens with one attached hydrogen (secondary N) is 3. The summed E-state index contributed by atoms with van der Waals surface area (Å²) in [6.07, 6.45) is 0. The summed E-state index contributed by atoms with van der Waals surface area (Å²) in [4.78, 5) is 11.9. The number of rotatable bonds is 6. The first-order valence-corrected chi connectivity index (χ1v) is 7.82. The van der Waals surface area contributed by atoms with E-state index >= 15 is 0 Å². The molecule has 1 aromatic rings. The molecule has 0 fully saturated rings. The molecule has 0 aliphatic carbocycles. The molecular formula is C13H21N3O3S. The van der Waals surface area contributed by atoms with Gasteiger partial charge in [0.2, 0.25) is 15.9 Å². The van der Waals surface area contributed by atoms with Gasteiger partial charge in [0.25, 0.3) is 0 Å². The number of sulfonamides is 1. The Bertz CT molecular complexity index is 583. The first-order chi connectivity index (χ1) is 9.26. The van der Waals surface area contributed by atoms with Gasteiger partial charge in [-0.1, -0.05) is 19.9 Å². The molecular weight excluding hydrogens is 278 g/mol. The smallest absolute Gasteiger partial charge is 0.240 e. The number of benzene rings is 1. The van der Waals surface area contributed by atoms with Crippen LogP contribution >= 0.6 is 0 Å². The van der Waals surface area contributed by atoms with E-state index in [1.807, 2.05) is 13.8 Å². The van der Waals surface area contributed by atoms with Crippen molar-refractivity contribution in [3.05, 3.63) is 23.8 Å². The highest BCUT2D eigenvalue weighted by atomic mass is 32.2. The minimum Gasteiger partial charge on any atom is -0.325 e. The van der Waals surface area contributed by atoms with E-state index in [4.69, 9.17) is 0 Å². The average molecular weight is 299 g/mol. The van der Waals surface area contributed by atoms with E-state index in [1.165, 1.54) is 13.1 Å². The zero-order valence-corrected chi connectivity index (χ0v) is 13.0. The number of anilines is 1. The molecule has 0 heterocycles. The second kappa shape index (κ2) is 6.83. The van der Waals surface area contributed by atoms with Crippen molar-refractivity contribution in [1.82, 2.24) is 10.0 Å². The third kappa shape index (κ3) is 4.59. The van der Waals surface area contributed by atoms with E-state index in [9.17, 15) is 13.2 Å². The zero-order chi connectivity index (χ0) is 15.3. The van der Waals surface area contributed by atoms with Gasteiger partial charge >= 0.3 is 0 Å². The molecule has 0 saturated carbocycles. The monoisotopic (exact) mass is 299 g/mol. The molecule has 0 aromatic heterocycles. The summed E-state index contributed by atoms with van der Waals surface area (Å²) in [7, 11) is -2.18. The van der Waals surface area contributed by atoms with Crippen LogP contribution in [0.1, 0.15) is 19.4 Å². The van der Waals surface area contributed by atoms with Crippen molar-refractivity contribution in [1.29, 1.82) is 0 Å². The number of hydrogen-bond donors (Lipinski definition) is 3. The van der Waals surface area contributed by atoms with Crippen LogP contribution in [0.3, 0.4) is 0 Å². The van der Waals surface area contributed by atoms with E-state index in [0.717, 1.165) is 0 Å². The van der Waals surface area contributed by atoms with E-state index < -0.39 is 10.0 Å². The molecule has 1 aromatic carbocycles. The molecule has 0 aliphatic rings. The van der Waals surface area contributed by atoms with E-state index in [-0.39, 0.29) is 23.4 Å². The highest BCUT2D eigenvalue weighted by molar-refractivity contribution is 7.89. The molecule has 3 N–H and O–H groups in total. The fourth-order valence-corrected chi connectivity index (χ4v) is 2.57. The highest BCUT2D eigenvalue weighted by Gasteiger charge is 2.15. The van der Waals surface area contributed by atoms with Crippen LogP contribution in [0.4, 0.5) is 5.69 Å². The Hall–Kier alpha value is -1.44. The van der Waals surface area contributed by atoms with Crippen molar-refractivity contribution in [2.45, 2.75) is 31.7 Å². The normalized spacial score (nSPS) is 11.7. The summed E-state index contributed by atoms with van der Waals surface area (Å²) in [5.41, 5.74) is 1.08. The largest absolute Gasteiger partial charge is 0.325 e. The lowest BCUT2D eigenvalue weighted by Crippen LogP contribution is -2.32. The molecule has 0 atom stereocenters. The Kier molecular flexibility index (Phi) is 5.67. The molecule has 1 amide bonds. The maximum Gasteiger partial charge on any atom is 0.240 e. The molecule has 7 heteroatoms. The fraction of sp³-hybridized carbons (Fsp3) is 0.462. The summed E-state index contributed by atoms with van der Waals surface area (Å²) in [6.45, 7) is 5.77. The third-order valence-electron chi connectivity index (χ3n) is 2.70. The van der Waals surface area contributed by atoms with Crippen molar-refractivity contribution in [3.63, 3.8) is 0 Å². The van der Waals surface area contributed by atoms with Crippen LogP contribution in [0.5, 0.6) is 0 Å². The molecule has 112 valence electrons. The first kappa shape index (κ1) is 16.6. The lowest BCUT2D eigenvalue weighted by atomic mass is 10.2. The quantitative estimate of drug-likeness (QED) is 0.726. The number of amides is 1. The number of aryl methyl sites for hydroxylation is 1. The van der Waals surface area contributed by atoms with Gasteiger partial charge in [0.15, 0.2) is 0 Å². The molecule has 0 saturated heterocycles. The van der Waals surface area contributed by atoms with Crippen LogP contribution in [0.15, 0.2) is 23.1 Å². The van der Waals surface area contributed by atoms with Crippen molar-refractivity contribution < 1.29 is 13.2 Å². The standard InChI is InChI=1S/C13H21N3O3S/c1-9(2)15-8-13(17)16-11-6-5-10(3)12(7-11)20(18,19)14-4/h5-7,9,14-15H,8H2,1-4H3,(H,16,17). The third-order valence-corrected chi connectivity index (χ3v) is 4.26. The average Bonchev–Trinajstić information content (AvgIpc) is 2.38. The second-order valence-electron chi connectivity index (χ2n) is 4.77. The molecule has 0 radical (unpaired) electrons. The van der Waals surface area contributed by atoms with Gasteiger partial charge < -0.3 is 10.6 Å². The number of carbonyl (C=O) groups excluding carboxylic acids is 1. The van der Waals surface area contributed by atoms with E-state index in [0.29, 0.717) is 11.3 Å². The Labute approximate surface area is 120 Å². The van der Waals surface area contributed by atoms with Crippen LogP contribution in [0.25, 0.3) is 0 Å². The van der Waals surface area contributed by atoms with Gasteiger partial charge in [0, 0.05) is 11.7 Å². The molecule has 1 rings (SSSR count). The van der Waals surface area contributed by atoms with E-state index in [1.54, 1.807) is 19.1 Å². The second-order valence-corrected chi connectivity index (χ2v) is 6.63. The number of carbonyl (C=O) groups is 1. The van der Waals surface area contributed by atoms with Crippen molar-refractivity contribution in [2.75, 3.05) is 18.9 Å². The van der Waals surface area contributed by atoms with Gasteiger partial charge in [-0.3, -0.25) is 4.79 Å². The van der Waals surface area contributed by atoms with Gasteiger partial charge in [-0.25, -0.2) is 13.1 Å².